The highest BCUT2D eigenvalue weighted by molar-refractivity contribution is 9.10. The summed E-state index contributed by atoms with van der Waals surface area (Å²) in [6.07, 6.45) is 5.99. The summed E-state index contributed by atoms with van der Waals surface area (Å²) in [5, 5.41) is 11.6. The van der Waals surface area contributed by atoms with Crippen LogP contribution in [0.5, 0.6) is 11.5 Å². The van der Waals surface area contributed by atoms with E-state index in [4.69, 9.17) is 14.7 Å². The van der Waals surface area contributed by atoms with Crippen LogP contribution in [0.2, 0.25) is 0 Å². The van der Waals surface area contributed by atoms with Gasteiger partial charge in [-0.25, -0.2) is 0 Å². The normalized spacial score (nSPS) is 10.9. The molecule has 0 saturated heterocycles. The lowest BCUT2D eigenvalue weighted by Crippen LogP contribution is -2.01. The lowest BCUT2D eigenvalue weighted by Gasteiger charge is -2.13. The number of oxime groups is 1. The van der Waals surface area contributed by atoms with Gasteiger partial charge in [-0.2, -0.15) is 0 Å². The standard InChI is InChI=1S/C14H20BrNO3/c1-3-4-5-6-7-19-14-12(15)8-11(10-16-17)9-13(14)18-2/h8-10,17H,3-7H2,1-2H3. The van der Waals surface area contributed by atoms with Crippen LogP contribution in [-0.2, 0) is 0 Å². The Labute approximate surface area is 122 Å². The molecule has 0 saturated carbocycles. The van der Waals surface area contributed by atoms with Gasteiger partial charge in [0.15, 0.2) is 11.5 Å². The number of nitrogens with zero attached hydrogens (tertiary/aromatic N) is 1. The van der Waals surface area contributed by atoms with E-state index in [1.54, 1.807) is 13.2 Å². The maximum absolute atomic E-state index is 8.55. The van der Waals surface area contributed by atoms with Crippen molar-refractivity contribution in [1.82, 2.24) is 0 Å². The number of hydrogen-bond donors (Lipinski definition) is 1. The van der Waals surface area contributed by atoms with Gasteiger partial charge in [0, 0.05) is 5.56 Å². The van der Waals surface area contributed by atoms with Crippen LogP contribution in [0, 0.1) is 0 Å². The van der Waals surface area contributed by atoms with Crippen molar-refractivity contribution >= 4 is 22.1 Å². The van der Waals surface area contributed by atoms with Gasteiger partial charge >= 0.3 is 0 Å². The fourth-order valence-electron chi connectivity index (χ4n) is 1.72. The zero-order valence-electron chi connectivity index (χ0n) is 11.4. The van der Waals surface area contributed by atoms with Gasteiger partial charge in [0.25, 0.3) is 0 Å². The smallest absolute Gasteiger partial charge is 0.175 e. The Balaban J connectivity index is 2.71. The number of rotatable bonds is 8. The molecule has 1 aromatic rings. The number of methoxy groups -OCH3 is 1. The van der Waals surface area contributed by atoms with Crippen molar-refractivity contribution in [3.63, 3.8) is 0 Å². The Morgan fingerprint density at radius 1 is 1.32 bits per heavy atom. The van der Waals surface area contributed by atoms with Crippen LogP contribution in [0.15, 0.2) is 21.8 Å². The monoisotopic (exact) mass is 329 g/mol. The molecule has 4 nitrogen and oxygen atoms in total. The quantitative estimate of drug-likeness (QED) is 0.336. The van der Waals surface area contributed by atoms with Gasteiger partial charge < -0.3 is 14.7 Å². The number of halogens is 1. The zero-order valence-corrected chi connectivity index (χ0v) is 12.9. The van der Waals surface area contributed by atoms with Crippen molar-refractivity contribution < 1.29 is 14.7 Å². The third kappa shape index (κ3) is 5.11. The Kier molecular flexibility index (Phi) is 7.33. The lowest BCUT2D eigenvalue weighted by atomic mass is 10.2. The summed E-state index contributed by atoms with van der Waals surface area (Å²) >= 11 is 3.44. The van der Waals surface area contributed by atoms with E-state index < -0.39 is 0 Å². The molecule has 0 heterocycles. The molecule has 0 aliphatic heterocycles. The molecular weight excluding hydrogens is 310 g/mol. The second-order valence-corrected chi connectivity index (χ2v) is 5.04. The van der Waals surface area contributed by atoms with E-state index in [0.717, 1.165) is 16.5 Å². The van der Waals surface area contributed by atoms with E-state index in [9.17, 15) is 0 Å². The van der Waals surface area contributed by atoms with Crippen LogP contribution < -0.4 is 9.47 Å². The van der Waals surface area contributed by atoms with E-state index in [0.29, 0.717) is 18.1 Å². The zero-order chi connectivity index (χ0) is 14.1. The highest BCUT2D eigenvalue weighted by Crippen LogP contribution is 2.36. The van der Waals surface area contributed by atoms with Gasteiger partial charge in [0.1, 0.15) is 0 Å². The molecule has 0 radical (unpaired) electrons. The first-order valence-corrected chi connectivity index (χ1v) is 7.20. The molecule has 0 amide bonds. The summed E-state index contributed by atoms with van der Waals surface area (Å²) in [6, 6.07) is 3.59. The minimum atomic E-state index is 0.625. The van der Waals surface area contributed by atoms with Crippen LogP contribution >= 0.6 is 15.9 Å². The van der Waals surface area contributed by atoms with Gasteiger partial charge in [0.05, 0.1) is 24.4 Å². The van der Waals surface area contributed by atoms with Crippen LogP contribution in [-0.4, -0.2) is 25.1 Å². The summed E-state index contributed by atoms with van der Waals surface area (Å²) in [5.74, 6) is 1.31. The summed E-state index contributed by atoms with van der Waals surface area (Å²) in [6.45, 7) is 2.85. The van der Waals surface area contributed by atoms with Gasteiger partial charge in [-0.3, -0.25) is 0 Å². The van der Waals surface area contributed by atoms with E-state index in [1.807, 2.05) is 6.07 Å². The van der Waals surface area contributed by atoms with Gasteiger partial charge in [-0.1, -0.05) is 31.3 Å². The Hall–Kier alpha value is -1.23. The van der Waals surface area contributed by atoms with Crippen LogP contribution in [0.4, 0.5) is 0 Å². The van der Waals surface area contributed by atoms with Crippen LogP contribution in [0.3, 0.4) is 0 Å². The second-order valence-electron chi connectivity index (χ2n) is 4.19. The Morgan fingerprint density at radius 2 is 2.11 bits per heavy atom. The summed E-state index contributed by atoms with van der Waals surface area (Å²) < 4.78 is 11.8. The van der Waals surface area contributed by atoms with Crippen molar-refractivity contribution in [2.75, 3.05) is 13.7 Å². The first kappa shape index (κ1) is 15.8. The summed E-state index contributed by atoms with van der Waals surface area (Å²) in [5.41, 5.74) is 0.740. The summed E-state index contributed by atoms with van der Waals surface area (Å²) in [4.78, 5) is 0. The summed E-state index contributed by atoms with van der Waals surface area (Å²) in [7, 11) is 1.59. The molecule has 5 heteroatoms. The predicted octanol–water partition coefficient (Wildman–Crippen LogP) is 4.22. The highest BCUT2D eigenvalue weighted by Gasteiger charge is 2.11. The molecule has 0 atom stereocenters. The van der Waals surface area contributed by atoms with E-state index in [2.05, 4.69) is 28.0 Å². The van der Waals surface area contributed by atoms with Gasteiger partial charge in [-0.15, -0.1) is 0 Å². The number of benzene rings is 1. The number of hydrogen-bond acceptors (Lipinski definition) is 4. The van der Waals surface area contributed by atoms with Crippen molar-refractivity contribution in [1.29, 1.82) is 0 Å². The second kappa shape index (κ2) is 8.80. The average Bonchev–Trinajstić information content (AvgIpc) is 2.40. The molecule has 1 N–H and O–H groups in total. The third-order valence-electron chi connectivity index (χ3n) is 2.70. The van der Waals surface area contributed by atoms with Crippen molar-refractivity contribution in [3.8, 4) is 11.5 Å². The van der Waals surface area contributed by atoms with E-state index >= 15 is 0 Å². The molecule has 1 rings (SSSR count). The molecule has 0 aromatic heterocycles. The molecule has 0 unspecified atom stereocenters. The average molecular weight is 330 g/mol. The number of unbranched alkanes of at least 4 members (excludes halogenated alkanes) is 3. The lowest BCUT2D eigenvalue weighted by molar-refractivity contribution is 0.283. The number of ether oxygens (including phenoxy) is 2. The van der Waals surface area contributed by atoms with Crippen molar-refractivity contribution in [3.05, 3.63) is 22.2 Å². The largest absolute Gasteiger partial charge is 0.493 e. The molecule has 0 bridgehead atoms. The minimum absolute atomic E-state index is 0.625. The Morgan fingerprint density at radius 3 is 2.74 bits per heavy atom. The fraction of sp³-hybridized carbons (Fsp3) is 0.500. The minimum Gasteiger partial charge on any atom is -0.493 e. The third-order valence-corrected chi connectivity index (χ3v) is 3.29. The van der Waals surface area contributed by atoms with E-state index in [-0.39, 0.29) is 0 Å². The maximum atomic E-state index is 8.55. The topological polar surface area (TPSA) is 51.0 Å². The van der Waals surface area contributed by atoms with Gasteiger partial charge in [-0.05, 0) is 34.5 Å². The van der Waals surface area contributed by atoms with Crippen molar-refractivity contribution in [2.24, 2.45) is 5.16 Å². The van der Waals surface area contributed by atoms with Gasteiger partial charge in [0.2, 0.25) is 0 Å². The molecule has 106 valence electrons. The molecule has 0 aliphatic rings. The maximum Gasteiger partial charge on any atom is 0.175 e. The highest BCUT2D eigenvalue weighted by atomic mass is 79.9. The SMILES string of the molecule is CCCCCCOc1c(Br)cc(C=NO)cc1OC. The van der Waals surface area contributed by atoms with Crippen molar-refractivity contribution in [2.45, 2.75) is 32.6 Å². The molecule has 1 aromatic carbocycles. The Bertz CT molecular complexity index is 421. The molecule has 0 spiro atoms. The first-order valence-electron chi connectivity index (χ1n) is 6.40. The van der Waals surface area contributed by atoms with Crippen LogP contribution in [0.1, 0.15) is 38.2 Å². The molecular formula is C14H20BrNO3. The fourth-order valence-corrected chi connectivity index (χ4v) is 2.30. The van der Waals surface area contributed by atoms with E-state index in [1.165, 1.54) is 25.5 Å². The molecule has 19 heavy (non-hydrogen) atoms. The molecule has 0 fully saturated rings. The van der Waals surface area contributed by atoms with Crippen LogP contribution in [0.25, 0.3) is 0 Å². The molecule has 0 aliphatic carbocycles. The predicted molar refractivity (Wildman–Crippen MR) is 79.7 cm³/mol. The first-order chi connectivity index (χ1) is 9.22.